The first kappa shape index (κ1) is 14.8. The van der Waals surface area contributed by atoms with Crippen LogP contribution in [0.4, 0.5) is 11.4 Å². The fraction of sp³-hybridized carbons (Fsp3) is 0.231. The summed E-state index contributed by atoms with van der Waals surface area (Å²) in [5, 5.41) is 23.7. The zero-order chi connectivity index (χ0) is 14.7. The van der Waals surface area contributed by atoms with Crippen molar-refractivity contribution in [1.82, 2.24) is 0 Å². The third-order valence-corrected chi connectivity index (χ3v) is 4.16. The molecule has 1 heterocycles. The number of non-ortho nitro benzene ring substituents is 1. The normalized spacial score (nSPS) is 12.2. The highest BCUT2D eigenvalue weighted by Crippen LogP contribution is 2.28. The average Bonchev–Trinajstić information content (AvgIpc) is 2.83. The summed E-state index contributed by atoms with van der Waals surface area (Å²) in [6, 6.07) is 8.09. The molecule has 0 bridgehead atoms. The third-order valence-electron chi connectivity index (χ3n) is 2.83. The molecule has 2 rings (SSSR count). The van der Waals surface area contributed by atoms with Gasteiger partial charge in [0.05, 0.1) is 9.26 Å². The Morgan fingerprint density at radius 3 is 2.75 bits per heavy atom. The fourth-order valence-electron chi connectivity index (χ4n) is 1.77. The first-order chi connectivity index (χ1) is 9.47. The minimum atomic E-state index is -0.665. The predicted octanol–water partition coefficient (Wildman–Crippen LogP) is 3.76. The topological polar surface area (TPSA) is 75.4 Å². The Balaban J connectivity index is 2.02. The summed E-state index contributed by atoms with van der Waals surface area (Å²) in [5.41, 5.74) is 1.58. The van der Waals surface area contributed by atoms with Gasteiger partial charge in [0.15, 0.2) is 0 Å². The van der Waals surface area contributed by atoms with Crippen LogP contribution >= 0.6 is 22.9 Å². The Morgan fingerprint density at radius 1 is 1.45 bits per heavy atom. The summed E-state index contributed by atoms with van der Waals surface area (Å²) in [4.78, 5) is 11.0. The minimum Gasteiger partial charge on any atom is -0.386 e. The van der Waals surface area contributed by atoms with E-state index in [2.05, 4.69) is 5.32 Å². The number of aliphatic hydroxyl groups excluding tert-OH is 1. The van der Waals surface area contributed by atoms with Crippen LogP contribution in [0.5, 0.6) is 0 Å². The number of rotatable bonds is 5. The van der Waals surface area contributed by atoms with Crippen molar-refractivity contribution in [2.75, 3.05) is 11.9 Å². The van der Waals surface area contributed by atoms with Gasteiger partial charge in [-0.1, -0.05) is 11.6 Å². The molecule has 106 valence electrons. The molecule has 0 radical (unpaired) electrons. The second-order valence-electron chi connectivity index (χ2n) is 4.29. The smallest absolute Gasteiger partial charge is 0.269 e. The summed E-state index contributed by atoms with van der Waals surface area (Å²) >= 11 is 7.14. The number of nitrogens with one attached hydrogen (secondary N) is 1. The van der Waals surface area contributed by atoms with E-state index in [9.17, 15) is 15.2 Å². The number of thiophene rings is 1. The van der Waals surface area contributed by atoms with E-state index in [4.69, 9.17) is 11.6 Å². The number of nitro benzene ring substituents is 1. The first-order valence-corrected chi connectivity index (χ1v) is 7.09. The van der Waals surface area contributed by atoms with Crippen molar-refractivity contribution in [3.8, 4) is 0 Å². The van der Waals surface area contributed by atoms with E-state index in [0.717, 1.165) is 16.1 Å². The summed E-state index contributed by atoms with van der Waals surface area (Å²) in [7, 11) is 0. The maximum absolute atomic E-state index is 10.7. The molecule has 1 unspecified atom stereocenters. The number of aryl methyl sites for hydroxylation is 1. The number of benzene rings is 1. The van der Waals surface area contributed by atoms with Gasteiger partial charge in [-0.05, 0) is 30.7 Å². The molecule has 0 amide bonds. The van der Waals surface area contributed by atoms with Gasteiger partial charge in [0.2, 0.25) is 0 Å². The number of halogens is 1. The Morgan fingerprint density at radius 2 is 2.20 bits per heavy atom. The van der Waals surface area contributed by atoms with E-state index in [0.29, 0.717) is 10.9 Å². The highest BCUT2D eigenvalue weighted by atomic mass is 35.5. The van der Waals surface area contributed by atoms with E-state index in [1.165, 1.54) is 23.5 Å². The molecule has 0 aliphatic carbocycles. The number of hydrogen-bond acceptors (Lipinski definition) is 5. The monoisotopic (exact) mass is 312 g/mol. The zero-order valence-corrected chi connectivity index (χ0v) is 12.2. The van der Waals surface area contributed by atoms with E-state index in [1.54, 1.807) is 25.1 Å². The molecule has 0 aliphatic rings. The minimum absolute atomic E-state index is 0.0543. The van der Waals surface area contributed by atoms with E-state index < -0.39 is 11.0 Å². The maximum Gasteiger partial charge on any atom is 0.269 e. The van der Waals surface area contributed by atoms with Crippen LogP contribution in [0.3, 0.4) is 0 Å². The number of hydrogen-bond donors (Lipinski definition) is 2. The van der Waals surface area contributed by atoms with Gasteiger partial charge in [-0.2, -0.15) is 0 Å². The Labute approximate surface area is 125 Å². The molecule has 0 spiro atoms. The van der Waals surface area contributed by atoms with E-state index >= 15 is 0 Å². The van der Waals surface area contributed by atoms with E-state index in [1.807, 2.05) is 0 Å². The van der Waals surface area contributed by atoms with Crippen LogP contribution < -0.4 is 5.32 Å². The molecule has 0 saturated heterocycles. The largest absolute Gasteiger partial charge is 0.386 e. The Bertz CT molecular complexity index is 630. The van der Waals surface area contributed by atoms with Gasteiger partial charge in [-0.3, -0.25) is 10.1 Å². The quantitative estimate of drug-likeness (QED) is 0.651. The second kappa shape index (κ2) is 6.21. The lowest BCUT2D eigenvalue weighted by atomic mass is 10.1. The average molecular weight is 313 g/mol. The Hall–Kier alpha value is -1.63. The predicted molar refractivity (Wildman–Crippen MR) is 80.6 cm³/mol. The van der Waals surface area contributed by atoms with Crippen molar-refractivity contribution in [3.05, 3.63) is 55.2 Å². The molecule has 1 aromatic heterocycles. The van der Waals surface area contributed by atoms with Gasteiger partial charge in [0.25, 0.3) is 5.69 Å². The molecule has 0 fully saturated rings. The van der Waals surface area contributed by atoms with Gasteiger partial charge < -0.3 is 10.4 Å². The molecule has 2 aromatic rings. The van der Waals surface area contributed by atoms with Crippen molar-refractivity contribution < 1.29 is 10.0 Å². The van der Waals surface area contributed by atoms with Gasteiger partial charge in [-0.15, -0.1) is 11.3 Å². The van der Waals surface area contributed by atoms with Crippen molar-refractivity contribution in [1.29, 1.82) is 0 Å². The fourth-order valence-corrected chi connectivity index (χ4v) is 2.82. The summed E-state index contributed by atoms with van der Waals surface area (Å²) in [6.45, 7) is 2.10. The number of anilines is 1. The van der Waals surface area contributed by atoms with Crippen LogP contribution in [0.25, 0.3) is 0 Å². The maximum atomic E-state index is 10.7. The third kappa shape index (κ3) is 3.47. The van der Waals surface area contributed by atoms with Gasteiger partial charge in [0, 0.05) is 29.2 Å². The highest BCUT2D eigenvalue weighted by molar-refractivity contribution is 7.16. The molecule has 0 saturated carbocycles. The number of nitrogens with zero attached hydrogens (tertiary/aromatic N) is 1. The highest BCUT2D eigenvalue weighted by Gasteiger charge is 2.12. The first-order valence-electron chi connectivity index (χ1n) is 5.89. The molecule has 2 N–H and O–H groups in total. The standard InChI is InChI=1S/C13H13ClN2O3S/c1-8-6-9(16(18)19)2-3-10(8)15-7-11(17)12-4-5-13(14)20-12/h2-6,11,15,17H,7H2,1H3. The molecule has 1 atom stereocenters. The van der Waals surface area contributed by atoms with Crippen molar-refractivity contribution in [2.24, 2.45) is 0 Å². The molecule has 5 nitrogen and oxygen atoms in total. The molecular weight excluding hydrogens is 300 g/mol. The summed E-state index contributed by atoms with van der Waals surface area (Å²) in [6.07, 6.45) is -0.665. The lowest BCUT2D eigenvalue weighted by molar-refractivity contribution is -0.384. The van der Waals surface area contributed by atoms with Crippen molar-refractivity contribution in [3.63, 3.8) is 0 Å². The SMILES string of the molecule is Cc1cc([N+](=O)[O-])ccc1NCC(O)c1ccc(Cl)s1. The molecule has 0 aliphatic heterocycles. The van der Waals surface area contributed by atoms with E-state index in [-0.39, 0.29) is 5.69 Å². The molecule has 1 aromatic carbocycles. The van der Waals surface area contributed by atoms with Crippen LogP contribution in [-0.4, -0.2) is 16.6 Å². The van der Waals surface area contributed by atoms with Crippen LogP contribution in [0, 0.1) is 17.0 Å². The number of nitro groups is 1. The zero-order valence-electron chi connectivity index (χ0n) is 10.7. The number of aliphatic hydroxyl groups is 1. The van der Waals surface area contributed by atoms with Crippen LogP contribution in [0.15, 0.2) is 30.3 Å². The van der Waals surface area contributed by atoms with Crippen LogP contribution in [0.2, 0.25) is 4.34 Å². The van der Waals surface area contributed by atoms with Gasteiger partial charge >= 0.3 is 0 Å². The Kier molecular flexibility index (Phi) is 4.59. The van der Waals surface area contributed by atoms with Gasteiger partial charge in [0.1, 0.15) is 6.10 Å². The van der Waals surface area contributed by atoms with Gasteiger partial charge in [-0.25, -0.2) is 0 Å². The van der Waals surface area contributed by atoms with Crippen molar-refractivity contribution in [2.45, 2.75) is 13.0 Å². The summed E-state index contributed by atoms with van der Waals surface area (Å²) in [5.74, 6) is 0. The molecule has 20 heavy (non-hydrogen) atoms. The second-order valence-corrected chi connectivity index (χ2v) is 6.04. The summed E-state index contributed by atoms with van der Waals surface area (Å²) < 4.78 is 0.630. The molecule has 7 heteroatoms. The van der Waals surface area contributed by atoms with Crippen LogP contribution in [0.1, 0.15) is 16.5 Å². The lowest BCUT2D eigenvalue weighted by Gasteiger charge is -2.13. The van der Waals surface area contributed by atoms with Crippen LogP contribution in [-0.2, 0) is 0 Å². The molecular formula is C13H13ClN2O3S. The lowest BCUT2D eigenvalue weighted by Crippen LogP contribution is -2.11. The van der Waals surface area contributed by atoms with Crippen molar-refractivity contribution >= 4 is 34.3 Å².